The molecule has 0 spiro atoms. The van der Waals surface area contributed by atoms with Crippen LogP contribution in [0.25, 0.3) is 22.3 Å². The van der Waals surface area contributed by atoms with Gasteiger partial charge in [-0.15, -0.1) is 9.78 Å². The Morgan fingerprint density at radius 2 is 1.03 bits per heavy atom. The molecule has 38 heavy (non-hydrogen) atoms. The maximum atomic E-state index is 12.7. The second kappa shape index (κ2) is 13.9. The molecule has 6 nitrogen and oxygen atoms in total. The van der Waals surface area contributed by atoms with Crippen molar-refractivity contribution in [1.82, 2.24) is 0 Å². The lowest BCUT2D eigenvalue weighted by Gasteiger charge is -2.15. The van der Waals surface area contributed by atoms with Crippen molar-refractivity contribution in [1.29, 1.82) is 0 Å². The van der Waals surface area contributed by atoms with Crippen molar-refractivity contribution < 1.29 is 29.1 Å². The fourth-order valence-electron chi connectivity index (χ4n) is 3.88. The van der Waals surface area contributed by atoms with Gasteiger partial charge < -0.3 is 0 Å². The molecule has 0 atom stereocenters. The van der Waals surface area contributed by atoms with Gasteiger partial charge in [0, 0.05) is 6.42 Å². The van der Waals surface area contributed by atoms with Crippen molar-refractivity contribution in [3.05, 3.63) is 120 Å². The predicted molar refractivity (Wildman–Crippen MR) is 145 cm³/mol. The van der Waals surface area contributed by atoms with Crippen molar-refractivity contribution in [2.45, 2.75) is 38.9 Å². The fraction of sp³-hybridized carbons (Fsp3) is 0.188. The topological polar surface area (TPSA) is 71.1 Å². The maximum Gasteiger partial charge on any atom is 0.373 e. The quantitative estimate of drug-likeness (QED) is 0.0838. The zero-order valence-corrected chi connectivity index (χ0v) is 21.2. The third-order valence-electron chi connectivity index (χ3n) is 5.92. The summed E-state index contributed by atoms with van der Waals surface area (Å²) in [6.07, 6.45) is 1.95. The van der Waals surface area contributed by atoms with Crippen molar-refractivity contribution >= 4 is 11.9 Å². The lowest BCUT2D eigenvalue weighted by atomic mass is 10.0. The summed E-state index contributed by atoms with van der Waals surface area (Å²) in [5.41, 5.74) is 4.37. The lowest BCUT2D eigenvalue weighted by Crippen LogP contribution is -2.22. The van der Waals surface area contributed by atoms with E-state index in [1.165, 1.54) is 0 Å². The predicted octanol–water partition coefficient (Wildman–Crippen LogP) is 7.80. The molecule has 0 fully saturated rings. The molecule has 0 aliphatic heterocycles. The summed E-state index contributed by atoms with van der Waals surface area (Å²) in [5, 5.41) is 0. The van der Waals surface area contributed by atoms with E-state index in [1.807, 2.05) is 72.8 Å². The van der Waals surface area contributed by atoms with Crippen LogP contribution in [0.3, 0.4) is 0 Å². The van der Waals surface area contributed by atoms with E-state index in [2.05, 4.69) is 6.92 Å². The molecular weight excluding hydrogens is 480 g/mol. The third-order valence-corrected chi connectivity index (χ3v) is 5.92. The van der Waals surface area contributed by atoms with Gasteiger partial charge in [0.05, 0.1) is 11.1 Å². The van der Waals surface area contributed by atoms with Gasteiger partial charge in [0.25, 0.3) is 0 Å². The Balaban J connectivity index is 1.37. The summed E-state index contributed by atoms with van der Waals surface area (Å²) in [4.78, 5) is 46.1. The number of benzene rings is 4. The van der Waals surface area contributed by atoms with E-state index in [-0.39, 0.29) is 0 Å². The van der Waals surface area contributed by atoms with Gasteiger partial charge in [-0.2, -0.15) is 0 Å². The third kappa shape index (κ3) is 7.62. The van der Waals surface area contributed by atoms with Crippen LogP contribution in [-0.2, 0) is 19.6 Å². The summed E-state index contributed by atoms with van der Waals surface area (Å²) < 4.78 is 0. The van der Waals surface area contributed by atoms with E-state index in [9.17, 15) is 9.59 Å². The number of hydrogen-bond donors (Lipinski definition) is 0. The van der Waals surface area contributed by atoms with Gasteiger partial charge in [-0.05, 0) is 52.9 Å². The molecule has 0 aliphatic carbocycles. The van der Waals surface area contributed by atoms with Gasteiger partial charge in [-0.3, -0.25) is 9.78 Å². The average molecular weight is 511 g/mol. The van der Waals surface area contributed by atoms with Gasteiger partial charge in [0.1, 0.15) is 0 Å². The molecule has 0 amide bonds. The molecule has 4 aromatic rings. The molecule has 0 saturated carbocycles. The normalized spacial score (nSPS) is 10.8. The number of unbranched alkanes of at least 4 members (excludes halogenated alkanes) is 2. The first-order chi connectivity index (χ1) is 18.6. The highest BCUT2D eigenvalue weighted by atomic mass is 17.3. The molecule has 4 rings (SSSR count). The molecule has 0 bridgehead atoms. The fourth-order valence-corrected chi connectivity index (χ4v) is 3.88. The van der Waals surface area contributed by atoms with Gasteiger partial charge in [0.2, 0.25) is 6.29 Å². The van der Waals surface area contributed by atoms with E-state index >= 15 is 0 Å². The minimum Gasteiger partial charge on any atom is -0.290 e. The number of carbonyl (C=O) groups excluding carboxylic acids is 2. The van der Waals surface area contributed by atoms with Crippen LogP contribution in [0.15, 0.2) is 109 Å². The second-order valence-electron chi connectivity index (χ2n) is 8.75. The molecule has 0 aromatic heterocycles. The van der Waals surface area contributed by atoms with Crippen molar-refractivity contribution in [2.24, 2.45) is 0 Å². The Morgan fingerprint density at radius 1 is 0.579 bits per heavy atom. The van der Waals surface area contributed by atoms with Crippen LogP contribution in [0.2, 0.25) is 0 Å². The smallest absolute Gasteiger partial charge is 0.290 e. The Hall–Kier alpha value is -4.26. The highest BCUT2D eigenvalue weighted by Crippen LogP contribution is 2.22. The van der Waals surface area contributed by atoms with Gasteiger partial charge in [-0.1, -0.05) is 105 Å². The second-order valence-corrected chi connectivity index (χ2v) is 8.75. The number of rotatable bonds is 12. The van der Waals surface area contributed by atoms with Crippen LogP contribution in [-0.4, -0.2) is 18.2 Å². The first kappa shape index (κ1) is 26.8. The SMILES string of the molecule is CCCCCC(OOC(=O)c1cccc(-c2ccccc2)c1)OOC(=O)c1cccc(-c2ccccc2)c1. The molecular formula is C32H30O6. The van der Waals surface area contributed by atoms with E-state index in [1.54, 1.807) is 36.4 Å². The monoisotopic (exact) mass is 510 g/mol. The summed E-state index contributed by atoms with van der Waals surface area (Å²) in [5.74, 6) is -1.34. The highest BCUT2D eigenvalue weighted by molar-refractivity contribution is 5.91. The molecule has 0 N–H and O–H groups in total. The standard InChI is InChI=1S/C32H30O6/c1-2-3-6-21-30(35-37-31(33)28-19-11-17-26(22-28)24-13-7-4-8-14-24)36-38-32(34)29-20-12-18-27(23-29)25-15-9-5-10-16-25/h4-5,7-20,22-23,30H,2-3,6,21H2,1H3. The van der Waals surface area contributed by atoms with Crippen LogP contribution in [0, 0.1) is 0 Å². The molecule has 0 aliphatic rings. The number of hydrogen-bond acceptors (Lipinski definition) is 6. The number of carbonyl (C=O) groups is 2. The molecule has 4 aromatic carbocycles. The zero-order valence-electron chi connectivity index (χ0n) is 21.2. The Bertz CT molecular complexity index is 1220. The first-order valence-electron chi connectivity index (χ1n) is 12.7. The summed E-state index contributed by atoms with van der Waals surface area (Å²) in [6.45, 7) is 2.07. The Morgan fingerprint density at radius 3 is 1.47 bits per heavy atom. The van der Waals surface area contributed by atoms with Crippen LogP contribution < -0.4 is 0 Å². The van der Waals surface area contributed by atoms with Crippen LogP contribution >= 0.6 is 0 Å². The van der Waals surface area contributed by atoms with E-state index < -0.39 is 18.2 Å². The lowest BCUT2D eigenvalue weighted by molar-refractivity contribution is -0.421. The van der Waals surface area contributed by atoms with Crippen molar-refractivity contribution in [3.8, 4) is 22.3 Å². The molecule has 0 heterocycles. The zero-order chi connectivity index (χ0) is 26.6. The molecule has 0 unspecified atom stereocenters. The van der Waals surface area contributed by atoms with Crippen LogP contribution in [0.1, 0.15) is 53.3 Å². The molecule has 0 radical (unpaired) electrons. The van der Waals surface area contributed by atoms with E-state index in [0.29, 0.717) is 17.5 Å². The molecule has 6 heteroatoms. The van der Waals surface area contributed by atoms with Crippen LogP contribution in [0.5, 0.6) is 0 Å². The Kier molecular flexibility index (Phi) is 9.79. The van der Waals surface area contributed by atoms with Crippen molar-refractivity contribution in [3.63, 3.8) is 0 Å². The Labute approximate surface area is 222 Å². The largest absolute Gasteiger partial charge is 0.373 e. The van der Waals surface area contributed by atoms with Crippen molar-refractivity contribution in [2.75, 3.05) is 0 Å². The maximum absolute atomic E-state index is 12.7. The average Bonchev–Trinajstić information content (AvgIpc) is 2.99. The summed E-state index contributed by atoms with van der Waals surface area (Å²) >= 11 is 0. The van der Waals surface area contributed by atoms with E-state index in [0.717, 1.165) is 41.5 Å². The molecule has 0 saturated heterocycles. The molecule has 194 valence electrons. The van der Waals surface area contributed by atoms with Crippen LogP contribution in [0.4, 0.5) is 0 Å². The summed E-state index contributed by atoms with van der Waals surface area (Å²) in [7, 11) is 0. The van der Waals surface area contributed by atoms with E-state index in [4.69, 9.17) is 19.6 Å². The minimum atomic E-state index is -1.07. The highest BCUT2D eigenvalue weighted by Gasteiger charge is 2.20. The summed E-state index contributed by atoms with van der Waals surface area (Å²) in [6, 6.07) is 33.6. The van der Waals surface area contributed by atoms with Gasteiger partial charge in [0.15, 0.2) is 0 Å². The first-order valence-corrected chi connectivity index (χ1v) is 12.7. The van der Waals surface area contributed by atoms with Gasteiger partial charge >= 0.3 is 11.9 Å². The van der Waals surface area contributed by atoms with Gasteiger partial charge in [-0.25, -0.2) is 9.59 Å². The minimum absolute atomic E-state index is 0.327.